The Morgan fingerprint density at radius 2 is 1.74 bits per heavy atom. The van der Waals surface area contributed by atoms with Crippen LogP contribution in [0.4, 0.5) is 0 Å². The van der Waals surface area contributed by atoms with Crippen LogP contribution < -0.4 is 14.2 Å². The number of carbonyl (C=O) groups excluding carboxylic acids is 1. The molecule has 39 heavy (non-hydrogen) atoms. The summed E-state index contributed by atoms with van der Waals surface area (Å²) in [4.78, 5) is 24.6. The fourth-order valence-electron chi connectivity index (χ4n) is 5.64. The minimum absolute atomic E-state index is 0.0619. The van der Waals surface area contributed by atoms with Gasteiger partial charge in [0, 0.05) is 50.4 Å². The van der Waals surface area contributed by atoms with Gasteiger partial charge in [-0.3, -0.25) is 9.59 Å². The first-order chi connectivity index (χ1) is 18.8. The van der Waals surface area contributed by atoms with Crippen LogP contribution in [0.5, 0.6) is 17.2 Å². The van der Waals surface area contributed by atoms with Crippen LogP contribution in [0.1, 0.15) is 54.4 Å². The van der Waals surface area contributed by atoms with Crippen molar-refractivity contribution < 1.29 is 28.9 Å². The zero-order valence-electron chi connectivity index (χ0n) is 22.7. The number of nitrogens with zero attached hydrogens (tertiary/aromatic N) is 1. The van der Waals surface area contributed by atoms with Gasteiger partial charge in [0.2, 0.25) is 5.91 Å². The van der Waals surface area contributed by atoms with E-state index in [0.717, 1.165) is 59.5 Å². The molecule has 0 radical (unpaired) electrons. The summed E-state index contributed by atoms with van der Waals surface area (Å²) in [5.74, 6) is 1.45. The number of hydrogen-bond acceptors (Lipinski definition) is 5. The van der Waals surface area contributed by atoms with Gasteiger partial charge in [0.15, 0.2) is 0 Å². The molecule has 2 aliphatic rings. The second-order valence-electron chi connectivity index (χ2n) is 10.5. The molecule has 1 N–H and O–H groups in total. The number of hydrogen-bond donors (Lipinski definition) is 1. The largest absolute Gasteiger partial charge is 0.492 e. The highest BCUT2D eigenvalue weighted by Gasteiger charge is 2.27. The van der Waals surface area contributed by atoms with E-state index in [9.17, 15) is 9.59 Å². The number of aliphatic carboxylic acids is 1. The van der Waals surface area contributed by atoms with Crippen LogP contribution in [-0.4, -0.2) is 47.7 Å². The minimum Gasteiger partial charge on any atom is -0.492 e. The molecule has 1 amide bonds. The molecule has 2 heterocycles. The molecule has 2 aliphatic heterocycles. The standard InChI is InChI=1S/C32H35NO6/c1-20-13-28(39-26-9-11-33(12-10-26)22(3)34)14-21(2)32(20)24-6-4-5-23(15-24)18-37-27-7-8-29-25(16-31(35)36)19-38-30(29)17-27/h4-8,13-15,17,25-26H,9-12,16,18-19H2,1-3H3,(H,35,36). The SMILES string of the molecule is CC(=O)N1CCC(Oc2cc(C)c(-c3cccc(COc4ccc5c(c4)OCC5CC(=O)O)c3)c(C)c2)CC1. The Morgan fingerprint density at radius 1 is 1.00 bits per heavy atom. The first-order valence-electron chi connectivity index (χ1n) is 13.5. The van der Waals surface area contributed by atoms with Crippen molar-refractivity contribution in [3.8, 4) is 28.4 Å². The van der Waals surface area contributed by atoms with E-state index in [1.165, 1.54) is 5.56 Å². The summed E-state index contributed by atoms with van der Waals surface area (Å²) in [6.07, 6.45) is 1.88. The molecule has 204 valence electrons. The quantitative estimate of drug-likeness (QED) is 0.392. The number of piperidine rings is 1. The van der Waals surface area contributed by atoms with Gasteiger partial charge in [-0.25, -0.2) is 0 Å². The van der Waals surface area contributed by atoms with Gasteiger partial charge in [0.25, 0.3) is 0 Å². The number of ether oxygens (including phenoxy) is 3. The summed E-state index contributed by atoms with van der Waals surface area (Å²) < 4.78 is 18.1. The monoisotopic (exact) mass is 529 g/mol. The van der Waals surface area contributed by atoms with Crippen LogP contribution in [0, 0.1) is 13.8 Å². The number of benzene rings is 3. The minimum atomic E-state index is -0.823. The number of carboxylic acid groups (broad SMARTS) is 1. The van der Waals surface area contributed by atoms with E-state index in [-0.39, 0.29) is 24.3 Å². The van der Waals surface area contributed by atoms with Crippen LogP contribution in [0.15, 0.2) is 54.6 Å². The van der Waals surface area contributed by atoms with Crippen LogP contribution in [0.25, 0.3) is 11.1 Å². The van der Waals surface area contributed by atoms with Gasteiger partial charge in [-0.2, -0.15) is 0 Å². The number of carboxylic acids is 1. The molecule has 1 unspecified atom stereocenters. The van der Waals surface area contributed by atoms with Crippen molar-refractivity contribution in [3.63, 3.8) is 0 Å². The summed E-state index contributed by atoms with van der Waals surface area (Å²) in [6, 6.07) is 18.2. The summed E-state index contributed by atoms with van der Waals surface area (Å²) in [5.41, 5.74) is 6.58. The van der Waals surface area contributed by atoms with E-state index in [2.05, 4.69) is 38.1 Å². The van der Waals surface area contributed by atoms with Crippen molar-refractivity contribution in [3.05, 3.63) is 76.9 Å². The van der Waals surface area contributed by atoms with Crippen molar-refractivity contribution in [2.45, 2.75) is 58.7 Å². The molecule has 5 rings (SSSR count). The van der Waals surface area contributed by atoms with E-state index in [4.69, 9.17) is 19.3 Å². The Labute approximate surface area is 229 Å². The zero-order valence-corrected chi connectivity index (χ0v) is 22.7. The lowest BCUT2D eigenvalue weighted by atomic mass is 9.94. The smallest absolute Gasteiger partial charge is 0.304 e. The summed E-state index contributed by atoms with van der Waals surface area (Å²) in [5, 5.41) is 9.11. The van der Waals surface area contributed by atoms with Gasteiger partial charge in [-0.1, -0.05) is 24.3 Å². The van der Waals surface area contributed by atoms with Crippen LogP contribution in [0.3, 0.4) is 0 Å². The molecule has 0 aromatic heterocycles. The van der Waals surface area contributed by atoms with Gasteiger partial charge in [0.1, 0.15) is 30.0 Å². The maximum Gasteiger partial charge on any atom is 0.304 e. The molecule has 1 atom stereocenters. The summed E-state index contributed by atoms with van der Waals surface area (Å²) in [7, 11) is 0. The lowest BCUT2D eigenvalue weighted by Crippen LogP contribution is -2.40. The maximum absolute atomic E-state index is 11.6. The van der Waals surface area contributed by atoms with Crippen molar-refractivity contribution in [2.75, 3.05) is 19.7 Å². The van der Waals surface area contributed by atoms with Crippen molar-refractivity contribution in [1.82, 2.24) is 4.90 Å². The molecule has 1 saturated heterocycles. The highest BCUT2D eigenvalue weighted by atomic mass is 16.5. The average Bonchev–Trinajstić information content (AvgIpc) is 3.29. The summed E-state index contributed by atoms with van der Waals surface area (Å²) >= 11 is 0. The van der Waals surface area contributed by atoms with Crippen LogP contribution >= 0.6 is 0 Å². The lowest BCUT2D eigenvalue weighted by molar-refractivity contribution is -0.137. The second-order valence-corrected chi connectivity index (χ2v) is 10.5. The molecule has 0 saturated carbocycles. The molecule has 0 spiro atoms. The Hall–Kier alpha value is -4.00. The molecule has 1 fully saturated rings. The third-order valence-corrected chi connectivity index (χ3v) is 7.60. The molecule has 7 nitrogen and oxygen atoms in total. The van der Waals surface area contributed by atoms with Gasteiger partial charge >= 0.3 is 5.97 Å². The Balaban J connectivity index is 1.24. The fraction of sp³-hybridized carbons (Fsp3) is 0.375. The van der Waals surface area contributed by atoms with E-state index < -0.39 is 5.97 Å². The molecular formula is C32H35NO6. The highest BCUT2D eigenvalue weighted by molar-refractivity contribution is 5.73. The Kier molecular flexibility index (Phi) is 7.77. The lowest BCUT2D eigenvalue weighted by Gasteiger charge is -2.31. The Bertz CT molecular complexity index is 1350. The third-order valence-electron chi connectivity index (χ3n) is 7.60. The number of amides is 1. The predicted octanol–water partition coefficient (Wildman–Crippen LogP) is 5.89. The van der Waals surface area contributed by atoms with E-state index in [0.29, 0.717) is 24.7 Å². The normalized spacial score (nSPS) is 16.9. The van der Waals surface area contributed by atoms with Crippen LogP contribution in [-0.2, 0) is 16.2 Å². The molecule has 3 aromatic carbocycles. The van der Waals surface area contributed by atoms with E-state index in [1.54, 1.807) is 6.92 Å². The molecule has 7 heteroatoms. The van der Waals surface area contributed by atoms with Gasteiger partial charge < -0.3 is 24.2 Å². The summed E-state index contributed by atoms with van der Waals surface area (Å²) in [6.45, 7) is 8.12. The first kappa shape index (κ1) is 26.6. The number of carbonyl (C=O) groups is 2. The maximum atomic E-state index is 11.6. The van der Waals surface area contributed by atoms with E-state index >= 15 is 0 Å². The Morgan fingerprint density at radius 3 is 2.44 bits per heavy atom. The number of rotatable bonds is 8. The number of aryl methyl sites for hydroxylation is 2. The molecule has 0 bridgehead atoms. The topological polar surface area (TPSA) is 85.3 Å². The van der Waals surface area contributed by atoms with Crippen molar-refractivity contribution >= 4 is 11.9 Å². The van der Waals surface area contributed by atoms with Gasteiger partial charge in [0.05, 0.1) is 13.0 Å². The second kappa shape index (κ2) is 11.4. The van der Waals surface area contributed by atoms with Crippen molar-refractivity contribution in [2.24, 2.45) is 0 Å². The first-order valence-corrected chi connectivity index (χ1v) is 13.5. The average molecular weight is 530 g/mol. The zero-order chi connectivity index (χ0) is 27.5. The molecule has 3 aromatic rings. The number of fused-ring (bicyclic) bond motifs is 1. The highest BCUT2D eigenvalue weighted by Crippen LogP contribution is 2.38. The fourth-order valence-corrected chi connectivity index (χ4v) is 5.64. The van der Waals surface area contributed by atoms with Crippen molar-refractivity contribution in [1.29, 1.82) is 0 Å². The predicted molar refractivity (Wildman–Crippen MR) is 149 cm³/mol. The van der Waals surface area contributed by atoms with E-state index in [1.807, 2.05) is 35.2 Å². The van der Waals surface area contributed by atoms with Crippen LogP contribution in [0.2, 0.25) is 0 Å². The van der Waals surface area contributed by atoms with Gasteiger partial charge in [-0.15, -0.1) is 0 Å². The molecule has 0 aliphatic carbocycles. The van der Waals surface area contributed by atoms with Gasteiger partial charge in [-0.05, 0) is 65.9 Å². The molecular weight excluding hydrogens is 494 g/mol. The third kappa shape index (κ3) is 6.19. The number of likely N-dealkylation sites (tertiary alicyclic amines) is 1.